The van der Waals surface area contributed by atoms with Gasteiger partial charge in [-0.2, -0.15) is 0 Å². The van der Waals surface area contributed by atoms with Gasteiger partial charge in [0.15, 0.2) is 0 Å². The third-order valence-electron chi connectivity index (χ3n) is 3.82. The molecule has 2 rings (SSSR count). The molecule has 2 heterocycles. The maximum absolute atomic E-state index is 12.1. The number of pyridine rings is 1. The molecule has 0 spiro atoms. The van der Waals surface area contributed by atoms with Crippen molar-refractivity contribution in [2.24, 2.45) is 0 Å². The van der Waals surface area contributed by atoms with Crippen LogP contribution in [-0.2, 0) is 16.1 Å². The van der Waals surface area contributed by atoms with Crippen molar-refractivity contribution in [1.82, 2.24) is 20.1 Å². The zero-order valence-corrected chi connectivity index (χ0v) is 13.1. The molecule has 1 saturated heterocycles. The van der Waals surface area contributed by atoms with Crippen molar-refractivity contribution in [3.8, 4) is 0 Å². The first-order valence-electron chi connectivity index (χ1n) is 7.78. The number of amides is 2. The number of piperazine rings is 1. The number of hydrogen-bond donors (Lipinski definition) is 1. The summed E-state index contributed by atoms with van der Waals surface area (Å²) < 4.78 is 0. The van der Waals surface area contributed by atoms with E-state index in [4.69, 9.17) is 0 Å². The normalized spacial score (nSPS) is 15.6. The Labute approximate surface area is 131 Å². The van der Waals surface area contributed by atoms with Crippen LogP contribution in [0.25, 0.3) is 0 Å². The smallest absolute Gasteiger partial charge is 0.222 e. The van der Waals surface area contributed by atoms with Crippen molar-refractivity contribution in [2.75, 3.05) is 32.7 Å². The molecule has 1 N–H and O–H groups in total. The van der Waals surface area contributed by atoms with E-state index in [2.05, 4.69) is 15.2 Å². The SMILES string of the molecule is CC(=O)NCCCC(=O)N1CCN(Cc2ccncc2)CC1. The average molecular weight is 304 g/mol. The van der Waals surface area contributed by atoms with E-state index in [0.717, 1.165) is 32.7 Å². The van der Waals surface area contributed by atoms with E-state index >= 15 is 0 Å². The van der Waals surface area contributed by atoms with Crippen molar-refractivity contribution >= 4 is 11.8 Å². The van der Waals surface area contributed by atoms with Gasteiger partial charge in [0.1, 0.15) is 0 Å². The molecule has 0 aliphatic carbocycles. The van der Waals surface area contributed by atoms with Gasteiger partial charge in [0, 0.05) is 65.0 Å². The third-order valence-corrected chi connectivity index (χ3v) is 3.82. The Bertz CT molecular complexity index is 484. The number of hydrogen-bond acceptors (Lipinski definition) is 4. The van der Waals surface area contributed by atoms with Gasteiger partial charge in [0.05, 0.1) is 0 Å². The average Bonchev–Trinajstić information content (AvgIpc) is 2.53. The van der Waals surface area contributed by atoms with Crippen LogP contribution in [0.2, 0.25) is 0 Å². The molecule has 1 aliphatic heterocycles. The first-order valence-corrected chi connectivity index (χ1v) is 7.78. The van der Waals surface area contributed by atoms with Gasteiger partial charge in [-0.15, -0.1) is 0 Å². The van der Waals surface area contributed by atoms with Gasteiger partial charge in [0.2, 0.25) is 11.8 Å². The number of aromatic nitrogens is 1. The Morgan fingerprint density at radius 1 is 1.18 bits per heavy atom. The highest BCUT2D eigenvalue weighted by Crippen LogP contribution is 2.09. The second kappa shape index (κ2) is 8.48. The van der Waals surface area contributed by atoms with Crippen molar-refractivity contribution in [3.05, 3.63) is 30.1 Å². The largest absolute Gasteiger partial charge is 0.356 e. The first kappa shape index (κ1) is 16.4. The van der Waals surface area contributed by atoms with Gasteiger partial charge < -0.3 is 10.2 Å². The molecule has 0 unspecified atom stereocenters. The van der Waals surface area contributed by atoms with Crippen molar-refractivity contribution in [3.63, 3.8) is 0 Å². The van der Waals surface area contributed by atoms with Crippen LogP contribution in [0.5, 0.6) is 0 Å². The van der Waals surface area contributed by atoms with Crippen LogP contribution in [0, 0.1) is 0 Å². The summed E-state index contributed by atoms with van der Waals surface area (Å²) in [6.07, 6.45) is 4.83. The quantitative estimate of drug-likeness (QED) is 0.784. The van der Waals surface area contributed by atoms with Gasteiger partial charge in [-0.3, -0.25) is 19.5 Å². The third kappa shape index (κ3) is 5.44. The molecule has 6 nitrogen and oxygen atoms in total. The topological polar surface area (TPSA) is 65.5 Å². The van der Waals surface area contributed by atoms with E-state index in [-0.39, 0.29) is 11.8 Å². The zero-order chi connectivity index (χ0) is 15.8. The molecule has 0 saturated carbocycles. The Hall–Kier alpha value is -1.95. The molecule has 1 aromatic rings. The molecule has 120 valence electrons. The number of carbonyl (C=O) groups excluding carboxylic acids is 2. The Kier molecular flexibility index (Phi) is 6.33. The number of carbonyl (C=O) groups is 2. The summed E-state index contributed by atoms with van der Waals surface area (Å²) in [5, 5.41) is 2.72. The van der Waals surface area contributed by atoms with E-state index in [0.29, 0.717) is 19.4 Å². The minimum atomic E-state index is -0.0443. The summed E-state index contributed by atoms with van der Waals surface area (Å²) in [6.45, 7) is 6.34. The van der Waals surface area contributed by atoms with Crippen LogP contribution >= 0.6 is 0 Å². The van der Waals surface area contributed by atoms with Crippen molar-refractivity contribution in [2.45, 2.75) is 26.3 Å². The van der Waals surface area contributed by atoms with Crippen LogP contribution in [0.3, 0.4) is 0 Å². The number of rotatable bonds is 6. The van der Waals surface area contributed by atoms with Gasteiger partial charge in [-0.1, -0.05) is 0 Å². The molecular formula is C16H24N4O2. The number of nitrogens with zero attached hydrogens (tertiary/aromatic N) is 3. The summed E-state index contributed by atoms with van der Waals surface area (Å²) in [4.78, 5) is 31.2. The van der Waals surface area contributed by atoms with Crippen LogP contribution in [-0.4, -0.2) is 59.3 Å². The standard InChI is InChI=1S/C16H24N4O2/c1-14(21)18-6-2-3-16(22)20-11-9-19(10-12-20)13-15-4-7-17-8-5-15/h4-5,7-8H,2-3,6,9-13H2,1H3,(H,18,21). The molecule has 0 aromatic carbocycles. The fourth-order valence-corrected chi connectivity index (χ4v) is 2.56. The first-order chi connectivity index (χ1) is 10.6. The second-order valence-electron chi connectivity index (χ2n) is 5.60. The lowest BCUT2D eigenvalue weighted by molar-refractivity contribution is -0.133. The molecule has 6 heteroatoms. The second-order valence-corrected chi connectivity index (χ2v) is 5.60. The molecule has 2 amide bonds. The predicted molar refractivity (Wildman–Crippen MR) is 84.0 cm³/mol. The highest BCUT2D eigenvalue weighted by Gasteiger charge is 2.20. The van der Waals surface area contributed by atoms with Crippen LogP contribution in [0.1, 0.15) is 25.3 Å². The molecule has 0 radical (unpaired) electrons. The van der Waals surface area contributed by atoms with E-state index in [9.17, 15) is 9.59 Å². The summed E-state index contributed by atoms with van der Waals surface area (Å²) in [6, 6.07) is 4.05. The van der Waals surface area contributed by atoms with Crippen LogP contribution in [0.4, 0.5) is 0 Å². The maximum atomic E-state index is 12.1. The molecule has 22 heavy (non-hydrogen) atoms. The zero-order valence-electron chi connectivity index (χ0n) is 13.1. The van der Waals surface area contributed by atoms with E-state index in [1.54, 1.807) is 0 Å². The summed E-state index contributed by atoms with van der Waals surface area (Å²) in [5.74, 6) is 0.145. The molecule has 0 atom stereocenters. The lowest BCUT2D eigenvalue weighted by Crippen LogP contribution is -2.48. The predicted octanol–water partition coefficient (Wildman–Crippen LogP) is 0.642. The highest BCUT2D eigenvalue weighted by molar-refractivity contribution is 5.76. The monoisotopic (exact) mass is 304 g/mol. The van der Waals surface area contributed by atoms with Gasteiger partial charge in [-0.25, -0.2) is 0 Å². The van der Waals surface area contributed by atoms with Gasteiger partial charge in [0.25, 0.3) is 0 Å². The van der Waals surface area contributed by atoms with E-state index in [1.165, 1.54) is 12.5 Å². The van der Waals surface area contributed by atoms with Crippen molar-refractivity contribution in [1.29, 1.82) is 0 Å². The van der Waals surface area contributed by atoms with E-state index < -0.39 is 0 Å². The molecular weight excluding hydrogens is 280 g/mol. The van der Waals surface area contributed by atoms with Gasteiger partial charge in [-0.05, 0) is 24.1 Å². The Morgan fingerprint density at radius 2 is 1.86 bits per heavy atom. The fraction of sp³-hybridized carbons (Fsp3) is 0.562. The molecule has 1 fully saturated rings. The molecule has 0 bridgehead atoms. The highest BCUT2D eigenvalue weighted by atomic mass is 16.2. The summed E-state index contributed by atoms with van der Waals surface area (Å²) >= 11 is 0. The number of nitrogens with one attached hydrogen (secondary N) is 1. The lowest BCUT2D eigenvalue weighted by atomic mass is 10.2. The summed E-state index contributed by atoms with van der Waals surface area (Å²) in [7, 11) is 0. The van der Waals surface area contributed by atoms with Crippen LogP contribution in [0.15, 0.2) is 24.5 Å². The van der Waals surface area contributed by atoms with Crippen molar-refractivity contribution < 1.29 is 9.59 Å². The van der Waals surface area contributed by atoms with E-state index in [1.807, 2.05) is 29.4 Å². The summed E-state index contributed by atoms with van der Waals surface area (Å²) in [5.41, 5.74) is 1.25. The molecule has 1 aliphatic rings. The Morgan fingerprint density at radius 3 is 2.50 bits per heavy atom. The Balaban J connectivity index is 1.66. The minimum absolute atomic E-state index is 0.0443. The molecule has 1 aromatic heterocycles. The maximum Gasteiger partial charge on any atom is 0.222 e. The fourth-order valence-electron chi connectivity index (χ4n) is 2.56. The lowest BCUT2D eigenvalue weighted by Gasteiger charge is -2.34. The van der Waals surface area contributed by atoms with Crippen LogP contribution < -0.4 is 5.32 Å². The minimum Gasteiger partial charge on any atom is -0.356 e. The van der Waals surface area contributed by atoms with Gasteiger partial charge >= 0.3 is 0 Å².